The number of carbonyl (C=O) groups excluding carboxylic acids is 1. The summed E-state index contributed by atoms with van der Waals surface area (Å²) in [5, 5.41) is 13.2. The van der Waals surface area contributed by atoms with Crippen LogP contribution in [0.15, 0.2) is 18.5 Å². The normalized spacial score (nSPS) is 8.00. The van der Waals surface area contributed by atoms with Crippen LogP contribution in [0.3, 0.4) is 0 Å². The summed E-state index contributed by atoms with van der Waals surface area (Å²) in [6, 6.07) is 1.51. The molecule has 5 heteroatoms. The van der Waals surface area contributed by atoms with Crippen LogP contribution in [0.5, 0.6) is 0 Å². The van der Waals surface area contributed by atoms with Crippen molar-refractivity contribution < 1.29 is 32.3 Å². The number of carbonyl (C=O) groups is 1. The monoisotopic (exact) mass is 218 g/mol. The van der Waals surface area contributed by atoms with Gasteiger partial charge >= 0.3 is 22.4 Å². The first kappa shape index (κ1) is 8.42. The van der Waals surface area contributed by atoms with E-state index in [2.05, 4.69) is 5.10 Å². The van der Waals surface area contributed by atoms with Crippen LogP contribution in [0.1, 0.15) is 0 Å². The third-order valence-corrected chi connectivity index (χ3v) is 0.691. The van der Waals surface area contributed by atoms with Crippen molar-refractivity contribution in [1.29, 1.82) is 0 Å². The smallest absolute Gasteiger partial charge is 0.528 e. The molecule has 0 aliphatic rings. The second-order valence-electron chi connectivity index (χ2n) is 1.22. The predicted octanol–water partition coefficient (Wildman–Crippen LogP) is -0.928. The largest absolute Gasteiger partial charge is 1.00 e. The van der Waals surface area contributed by atoms with E-state index in [9.17, 15) is 9.90 Å². The Morgan fingerprint density at radius 2 is 2.33 bits per heavy atom. The molecule has 0 N–H and O–H groups in total. The van der Waals surface area contributed by atoms with Gasteiger partial charge in [0.1, 0.15) is 0 Å². The van der Waals surface area contributed by atoms with Gasteiger partial charge in [-0.1, -0.05) is 0 Å². The maximum atomic E-state index is 9.85. The first-order valence-corrected chi connectivity index (χ1v) is 2.01. The molecule has 0 saturated carbocycles. The molecule has 1 rings (SSSR count). The van der Waals surface area contributed by atoms with Crippen molar-refractivity contribution >= 4 is 6.09 Å². The molecule has 0 radical (unpaired) electrons. The van der Waals surface area contributed by atoms with Gasteiger partial charge in [0.25, 0.3) is 0 Å². The van der Waals surface area contributed by atoms with Gasteiger partial charge < -0.3 is 9.90 Å². The van der Waals surface area contributed by atoms with Crippen molar-refractivity contribution in [1.82, 2.24) is 9.78 Å². The fraction of sp³-hybridized carbons (Fsp3) is 0. The molecule has 1 aromatic heterocycles. The SMILES string of the molecule is O=C([O-])n1cccn1.[Ag+]. The average molecular weight is 219 g/mol. The Labute approximate surface area is 67.0 Å². The van der Waals surface area contributed by atoms with Gasteiger partial charge in [0, 0.05) is 12.4 Å². The molecule has 0 spiro atoms. The first-order chi connectivity index (χ1) is 3.80. The maximum Gasteiger partial charge on any atom is 1.00 e. The topological polar surface area (TPSA) is 57.9 Å². The van der Waals surface area contributed by atoms with Gasteiger partial charge in [-0.05, 0) is 6.07 Å². The van der Waals surface area contributed by atoms with Gasteiger partial charge in [0.15, 0.2) is 6.09 Å². The van der Waals surface area contributed by atoms with Gasteiger partial charge in [-0.15, -0.1) is 0 Å². The molecule has 0 bridgehead atoms. The third-order valence-electron chi connectivity index (χ3n) is 0.691. The minimum Gasteiger partial charge on any atom is -0.528 e. The van der Waals surface area contributed by atoms with Crippen LogP contribution >= 0.6 is 0 Å². The van der Waals surface area contributed by atoms with Gasteiger partial charge in [-0.2, -0.15) is 5.10 Å². The van der Waals surface area contributed by atoms with E-state index in [1.54, 1.807) is 0 Å². The number of aromatic nitrogens is 2. The minimum absolute atomic E-state index is 0. The quantitative estimate of drug-likeness (QED) is 0.529. The van der Waals surface area contributed by atoms with Crippen molar-refractivity contribution in [3.63, 3.8) is 0 Å². The van der Waals surface area contributed by atoms with Crippen molar-refractivity contribution in [2.75, 3.05) is 0 Å². The number of hydrogen-bond acceptors (Lipinski definition) is 3. The fourth-order valence-corrected chi connectivity index (χ4v) is 0.377. The van der Waals surface area contributed by atoms with Crippen LogP contribution in [-0.2, 0) is 22.4 Å². The summed E-state index contributed by atoms with van der Waals surface area (Å²) in [6.07, 6.45) is 1.36. The van der Waals surface area contributed by atoms with E-state index in [4.69, 9.17) is 0 Å². The van der Waals surface area contributed by atoms with Crippen LogP contribution < -0.4 is 5.11 Å². The minimum atomic E-state index is -1.31. The molecule has 0 aliphatic heterocycles. The predicted molar refractivity (Wildman–Crippen MR) is 23.0 cm³/mol. The zero-order valence-electron chi connectivity index (χ0n) is 4.24. The molecule has 0 amide bonds. The molecule has 0 aromatic carbocycles. The molecular formula is C4H3AgN2O2. The van der Waals surface area contributed by atoms with E-state index in [0.717, 1.165) is 4.68 Å². The average Bonchev–Trinajstić information content (AvgIpc) is 2.12. The van der Waals surface area contributed by atoms with Crippen LogP contribution in [0.2, 0.25) is 0 Å². The van der Waals surface area contributed by atoms with Gasteiger partial charge in [0.2, 0.25) is 0 Å². The van der Waals surface area contributed by atoms with Crippen LogP contribution in [0.4, 0.5) is 4.79 Å². The van der Waals surface area contributed by atoms with Crippen LogP contribution in [-0.4, -0.2) is 15.9 Å². The molecule has 52 valence electrons. The summed E-state index contributed by atoms with van der Waals surface area (Å²) in [5.74, 6) is 0. The van der Waals surface area contributed by atoms with Crippen molar-refractivity contribution in [3.05, 3.63) is 18.5 Å². The van der Waals surface area contributed by atoms with Crippen molar-refractivity contribution in [2.24, 2.45) is 0 Å². The first-order valence-electron chi connectivity index (χ1n) is 2.01. The van der Waals surface area contributed by atoms with Crippen LogP contribution in [0, 0.1) is 0 Å². The maximum absolute atomic E-state index is 9.85. The van der Waals surface area contributed by atoms with E-state index < -0.39 is 6.09 Å². The Bertz CT molecular complexity index is 184. The molecule has 4 nitrogen and oxygen atoms in total. The number of hydrogen-bond donors (Lipinski definition) is 0. The van der Waals surface area contributed by atoms with Gasteiger partial charge in [0.05, 0.1) is 0 Å². The molecule has 9 heavy (non-hydrogen) atoms. The Morgan fingerprint density at radius 3 is 2.56 bits per heavy atom. The van der Waals surface area contributed by atoms with Gasteiger partial charge in [-0.25, -0.2) is 4.68 Å². The molecule has 0 atom stereocenters. The Hall–Kier alpha value is -0.580. The summed E-state index contributed by atoms with van der Waals surface area (Å²) in [4.78, 5) is 9.85. The van der Waals surface area contributed by atoms with E-state index in [1.165, 1.54) is 18.5 Å². The summed E-state index contributed by atoms with van der Waals surface area (Å²) in [7, 11) is 0. The zero-order chi connectivity index (χ0) is 5.98. The second kappa shape index (κ2) is 3.45. The Balaban J connectivity index is 0.000000640. The molecule has 0 aliphatic carbocycles. The van der Waals surface area contributed by atoms with E-state index in [1.807, 2.05) is 0 Å². The van der Waals surface area contributed by atoms with E-state index >= 15 is 0 Å². The molecular weight excluding hydrogens is 216 g/mol. The van der Waals surface area contributed by atoms with E-state index in [-0.39, 0.29) is 22.4 Å². The standard InChI is InChI=1S/C4H4N2O2.Ag/c7-4(8)6-3-1-2-5-6;/h1-3H,(H,7,8);/q;+1/p-1. The van der Waals surface area contributed by atoms with E-state index in [0.29, 0.717) is 0 Å². The fourth-order valence-electron chi connectivity index (χ4n) is 0.377. The van der Waals surface area contributed by atoms with Gasteiger partial charge in [-0.3, -0.25) is 0 Å². The Kier molecular flexibility index (Phi) is 3.22. The Morgan fingerprint density at radius 1 is 1.67 bits per heavy atom. The molecule has 1 aromatic rings. The zero-order valence-corrected chi connectivity index (χ0v) is 5.73. The summed E-state index contributed by atoms with van der Waals surface area (Å²) in [6.45, 7) is 0. The summed E-state index contributed by atoms with van der Waals surface area (Å²) in [5.41, 5.74) is 0. The summed E-state index contributed by atoms with van der Waals surface area (Å²) >= 11 is 0. The summed E-state index contributed by atoms with van der Waals surface area (Å²) < 4.78 is 0.722. The van der Waals surface area contributed by atoms with Crippen molar-refractivity contribution in [2.45, 2.75) is 0 Å². The van der Waals surface area contributed by atoms with Crippen LogP contribution in [0.25, 0.3) is 0 Å². The molecule has 0 unspecified atom stereocenters. The molecule has 0 saturated heterocycles. The number of carboxylic acid groups (broad SMARTS) is 1. The number of rotatable bonds is 0. The molecule has 0 fully saturated rings. The number of nitrogens with zero attached hydrogens (tertiary/aromatic N) is 2. The third kappa shape index (κ3) is 2.01. The van der Waals surface area contributed by atoms with Crippen molar-refractivity contribution in [3.8, 4) is 0 Å². The second-order valence-corrected chi connectivity index (χ2v) is 1.22. The molecule has 1 heterocycles.